The molecule has 0 amide bonds. The molecule has 0 spiro atoms. The van der Waals surface area contributed by atoms with Crippen molar-refractivity contribution in [2.45, 2.75) is 12.3 Å². The fourth-order valence-corrected chi connectivity index (χ4v) is 2.41. The second-order valence-electron chi connectivity index (χ2n) is 4.43. The van der Waals surface area contributed by atoms with E-state index >= 15 is 0 Å². The van der Waals surface area contributed by atoms with Crippen LogP contribution in [0, 0.1) is 5.92 Å². The average molecular weight is 250 g/mol. The summed E-state index contributed by atoms with van der Waals surface area (Å²) in [6, 6.07) is 7.88. The predicted molar refractivity (Wildman–Crippen MR) is 66.7 cm³/mol. The molecule has 0 unspecified atom stereocenters. The van der Waals surface area contributed by atoms with E-state index in [9.17, 15) is 4.79 Å². The second-order valence-corrected chi connectivity index (χ2v) is 4.43. The van der Waals surface area contributed by atoms with E-state index in [0.717, 1.165) is 11.3 Å². The Balaban J connectivity index is 2.18. The van der Waals surface area contributed by atoms with Crippen LogP contribution >= 0.6 is 0 Å². The molecule has 1 aliphatic rings. The number of esters is 1. The van der Waals surface area contributed by atoms with Crippen LogP contribution in [-0.2, 0) is 14.3 Å². The lowest BCUT2D eigenvalue weighted by atomic mass is 9.86. The Morgan fingerprint density at radius 1 is 1.33 bits per heavy atom. The number of hydrogen-bond donors (Lipinski definition) is 0. The van der Waals surface area contributed by atoms with Crippen LogP contribution in [-0.4, -0.2) is 33.4 Å². The number of para-hydroxylation sites is 1. The molecule has 0 N–H and O–H groups in total. The Kier molecular flexibility index (Phi) is 4.20. The molecule has 4 heteroatoms. The topological polar surface area (TPSA) is 44.8 Å². The van der Waals surface area contributed by atoms with Crippen molar-refractivity contribution >= 4 is 5.97 Å². The van der Waals surface area contributed by atoms with Gasteiger partial charge in [-0.3, -0.25) is 4.79 Å². The molecule has 2 rings (SSSR count). The van der Waals surface area contributed by atoms with Gasteiger partial charge in [0.1, 0.15) is 5.75 Å². The largest absolute Gasteiger partial charge is 0.496 e. The minimum absolute atomic E-state index is 0.161. The lowest BCUT2D eigenvalue weighted by molar-refractivity contribution is -0.141. The average Bonchev–Trinajstić information content (AvgIpc) is 2.86. The Hall–Kier alpha value is -1.55. The summed E-state index contributed by atoms with van der Waals surface area (Å²) in [6.45, 7) is 1.22. The zero-order valence-electron chi connectivity index (χ0n) is 10.7. The highest BCUT2D eigenvalue weighted by molar-refractivity contribution is 5.69. The zero-order valence-corrected chi connectivity index (χ0v) is 10.7. The standard InChI is InChI=1S/C14H18O4/c1-16-13-6-4-3-5-11(13)12-9-18-8-10(12)7-14(15)17-2/h3-6,10,12H,7-9H2,1-2H3/t10-,12-/m1/s1. The van der Waals surface area contributed by atoms with Gasteiger partial charge in [-0.2, -0.15) is 0 Å². The van der Waals surface area contributed by atoms with E-state index in [4.69, 9.17) is 14.2 Å². The SMILES string of the molecule is COC(=O)C[C@@H]1COC[C@H]1c1ccccc1OC. The number of ether oxygens (including phenoxy) is 3. The van der Waals surface area contributed by atoms with E-state index in [2.05, 4.69) is 0 Å². The van der Waals surface area contributed by atoms with E-state index in [1.165, 1.54) is 7.11 Å². The summed E-state index contributed by atoms with van der Waals surface area (Å²) in [4.78, 5) is 11.4. The van der Waals surface area contributed by atoms with Crippen LogP contribution in [0.4, 0.5) is 0 Å². The van der Waals surface area contributed by atoms with Crippen molar-refractivity contribution in [3.63, 3.8) is 0 Å². The highest BCUT2D eigenvalue weighted by Crippen LogP contribution is 2.37. The summed E-state index contributed by atoms with van der Waals surface area (Å²) in [5.74, 6) is 1.02. The molecular weight excluding hydrogens is 232 g/mol. The molecule has 2 atom stereocenters. The highest BCUT2D eigenvalue weighted by atomic mass is 16.5. The van der Waals surface area contributed by atoms with Crippen LogP contribution in [0.15, 0.2) is 24.3 Å². The molecule has 0 aromatic heterocycles. The van der Waals surface area contributed by atoms with Gasteiger partial charge in [-0.25, -0.2) is 0 Å². The molecule has 0 saturated carbocycles. The number of carbonyl (C=O) groups is 1. The van der Waals surface area contributed by atoms with Gasteiger partial charge in [-0.15, -0.1) is 0 Å². The minimum atomic E-state index is -0.189. The van der Waals surface area contributed by atoms with Crippen LogP contribution in [0.5, 0.6) is 5.75 Å². The van der Waals surface area contributed by atoms with Crippen LogP contribution in [0.2, 0.25) is 0 Å². The molecule has 1 aromatic carbocycles. The third-order valence-corrected chi connectivity index (χ3v) is 3.39. The van der Waals surface area contributed by atoms with E-state index in [1.807, 2.05) is 24.3 Å². The summed E-state index contributed by atoms with van der Waals surface area (Å²) in [5.41, 5.74) is 1.10. The van der Waals surface area contributed by atoms with E-state index < -0.39 is 0 Å². The van der Waals surface area contributed by atoms with E-state index in [1.54, 1.807) is 7.11 Å². The fourth-order valence-electron chi connectivity index (χ4n) is 2.41. The van der Waals surface area contributed by atoms with Crippen LogP contribution < -0.4 is 4.74 Å². The van der Waals surface area contributed by atoms with E-state index in [0.29, 0.717) is 19.6 Å². The van der Waals surface area contributed by atoms with Gasteiger partial charge in [-0.05, 0) is 11.6 Å². The Bertz CT molecular complexity index is 416. The molecule has 0 radical (unpaired) electrons. The van der Waals surface area contributed by atoms with Crippen molar-refractivity contribution in [1.29, 1.82) is 0 Å². The summed E-state index contributed by atoms with van der Waals surface area (Å²) >= 11 is 0. The molecule has 4 nitrogen and oxygen atoms in total. The van der Waals surface area contributed by atoms with Crippen molar-refractivity contribution in [2.24, 2.45) is 5.92 Å². The Labute approximate surface area is 107 Å². The summed E-state index contributed by atoms with van der Waals surface area (Å²) in [5, 5.41) is 0. The Morgan fingerprint density at radius 3 is 2.83 bits per heavy atom. The maximum absolute atomic E-state index is 11.4. The van der Waals surface area contributed by atoms with Gasteiger partial charge in [0.25, 0.3) is 0 Å². The third kappa shape index (κ3) is 2.64. The molecule has 1 aromatic rings. The first-order chi connectivity index (χ1) is 8.76. The second kappa shape index (κ2) is 5.87. The van der Waals surface area contributed by atoms with Crippen molar-refractivity contribution in [3.8, 4) is 5.75 Å². The number of methoxy groups -OCH3 is 2. The van der Waals surface area contributed by atoms with Gasteiger partial charge in [0.05, 0.1) is 33.9 Å². The van der Waals surface area contributed by atoms with Crippen molar-refractivity contribution < 1.29 is 19.0 Å². The van der Waals surface area contributed by atoms with Gasteiger partial charge in [-0.1, -0.05) is 18.2 Å². The van der Waals surface area contributed by atoms with Gasteiger partial charge >= 0.3 is 5.97 Å². The summed E-state index contributed by atoms with van der Waals surface area (Å²) in [6.07, 6.45) is 0.388. The molecule has 18 heavy (non-hydrogen) atoms. The third-order valence-electron chi connectivity index (χ3n) is 3.39. The monoisotopic (exact) mass is 250 g/mol. The lowest BCUT2D eigenvalue weighted by Gasteiger charge is -2.19. The normalized spacial score (nSPS) is 22.8. The maximum atomic E-state index is 11.4. The molecule has 0 aliphatic carbocycles. The quantitative estimate of drug-likeness (QED) is 0.767. The molecule has 0 bridgehead atoms. The molecule has 1 heterocycles. The van der Waals surface area contributed by atoms with Crippen molar-refractivity contribution in [3.05, 3.63) is 29.8 Å². The van der Waals surface area contributed by atoms with E-state index in [-0.39, 0.29) is 17.8 Å². The first-order valence-corrected chi connectivity index (χ1v) is 6.03. The van der Waals surface area contributed by atoms with Crippen LogP contribution in [0.25, 0.3) is 0 Å². The van der Waals surface area contributed by atoms with Crippen molar-refractivity contribution in [2.75, 3.05) is 27.4 Å². The van der Waals surface area contributed by atoms with Crippen LogP contribution in [0.3, 0.4) is 0 Å². The van der Waals surface area contributed by atoms with Crippen LogP contribution in [0.1, 0.15) is 17.9 Å². The molecule has 1 fully saturated rings. The predicted octanol–water partition coefficient (Wildman–Crippen LogP) is 1.99. The number of carbonyl (C=O) groups excluding carboxylic acids is 1. The van der Waals surface area contributed by atoms with Gasteiger partial charge in [0.15, 0.2) is 0 Å². The lowest BCUT2D eigenvalue weighted by Crippen LogP contribution is -2.16. The first-order valence-electron chi connectivity index (χ1n) is 6.03. The molecule has 1 aliphatic heterocycles. The van der Waals surface area contributed by atoms with Gasteiger partial charge < -0.3 is 14.2 Å². The first kappa shape index (κ1) is 12.9. The number of hydrogen-bond acceptors (Lipinski definition) is 4. The number of rotatable bonds is 4. The number of benzene rings is 1. The highest BCUT2D eigenvalue weighted by Gasteiger charge is 2.33. The molecule has 98 valence electrons. The molecular formula is C14H18O4. The van der Waals surface area contributed by atoms with Crippen molar-refractivity contribution in [1.82, 2.24) is 0 Å². The minimum Gasteiger partial charge on any atom is -0.496 e. The van der Waals surface area contributed by atoms with Gasteiger partial charge in [0.2, 0.25) is 0 Å². The fraction of sp³-hybridized carbons (Fsp3) is 0.500. The van der Waals surface area contributed by atoms with Gasteiger partial charge in [0, 0.05) is 11.8 Å². The smallest absolute Gasteiger partial charge is 0.305 e. The Morgan fingerprint density at radius 2 is 2.11 bits per heavy atom. The summed E-state index contributed by atoms with van der Waals surface area (Å²) in [7, 11) is 3.07. The zero-order chi connectivity index (χ0) is 13.0. The maximum Gasteiger partial charge on any atom is 0.305 e. The molecule has 1 saturated heterocycles. The summed E-state index contributed by atoms with van der Waals surface area (Å²) < 4.78 is 15.6.